The van der Waals surface area contributed by atoms with Gasteiger partial charge in [-0.25, -0.2) is 0 Å². The average molecular weight is 269 g/mol. The van der Waals surface area contributed by atoms with E-state index in [1.807, 2.05) is 19.1 Å². The number of nitrogens with zero attached hydrogens (tertiary/aromatic N) is 1. The van der Waals surface area contributed by atoms with Crippen LogP contribution < -0.4 is 10.1 Å². The highest BCUT2D eigenvalue weighted by Crippen LogP contribution is 2.48. The van der Waals surface area contributed by atoms with Gasteiger partial charge in [-0.2, -0.15) is 0 Å². The van der Waals surface area contributed by atoms with Crippen molar-refractivity contribution in [3.05, 3.63) is 23.5 Å². The van der Waals surface area contributed by atoms with E-state index in [1.54, 1.807) is 7.11 Å². The maximum Gasteiger partial charge on any atom is 0.122 e. The van der Waals surface area contributed by atoms with Gasteiger partial charge < -0.3 is 10.1 Å². The Bertz CT molecular complexity index is 405. The van der Waals surface area contributed by atoms with Crippen molar-refractivity contribution in [2.45, 2.75) is 32.7 Å². The normalized spacial score (nSPS) is 16.6. The quantitative estimate of drug-likeness (QED) is 0.772. The lowest BCUT2D eigenvalue weighted by molar-refractivity contribution is 0.411. The fraction of sp³-hybridized carbons (Fsp3) is 0.643. The number of nitrogens with one attached hydrogen (secondary N) is 1. The standard InChI is InChI=1S/C14H21ClN2O/c1-11-7-13(18-2)8-12(17-11)9-16-10-14(3-4-14)5-6-15/h7-8,16H,3-6,9-10H2,1-2H3. The number of halogens is 1. The number of rotatable bonds is 7. The molecule has 0 aliphatic heterocycles. The van der Waals surface area contributed by atoms with Gasteiger partial charge >= 0.3 is 0 Å². The summed E-state index contributed by atoms with van der Waals surface area (Å²) in [5.41, 5.74) is 2.50. The van der Waals surface area contributed by atoms with Crippen LogP contribution in [0.15, 0.2) is 12.1 Å². The lowest BCUT2D eigenvalue weighted by Gasteiger charge is -2.14. The van der Waals surface area contributed by atoms with Gasteiger partial charge in [-0.3, -0.25) is 4.98 Å². The van der Waals surface area contributed by atoms with Crippen molar-refractivity contribution >= 4 is 11.6 Å². The maximum atomic E-state index is 5.83. The molecule has 3 nitrogen and oxygen atoms in total. The van der Waals surface area contributed by atoms with E-state index in [0.29, 0.717) is 5.41 Å². The van der Waals surface area contributed by atoms with Crippen molar-refractivity contribution in [1.29, 1.82) is 0 Å². The molecular formula is C14H21ClN2O. The molecule has 0 amide bonds. The van der Waals surface area contributed by atoms with E-state index in [9.17, 15) is 0 Å². The summed E-state index contributed by atoms with van der Waals surface area (Å²) < 4.78 is 5.25. The number of pyridine rings is 1. The molecule has 0 aromatic carbocycles. The fourth-order valence-corrected chi connectivity index (χ4v) is 2.66. The molecule has 0 unspecified atom stereocenters. The van der Waals surface area contributed by atoms with E-state index in [4.69, 9.17) is 16.3 Å². The molecule has 1 fully saturated rings. The molecule has 0 radical (unpaired) electrons. The Labute approximate surface area is 114 Å². The number of ether oxygens (including phenoxy) is 1. The molecule has 0 spiro atoms. The van der Waals surface area contributed by atoms with Crippen LogP contribution in [0.2, 0.25) is 0 Å². The predicted molar refractivity (Wildman–Crippen MR) is 74.2 cm³/mol. The van der Waals surface area contributed by atoms with Crippen LogP contribution >= 0.6 is 11.6 Å². The first-order valence-corrected chi connectivity index (χ1v) is 6.99. The molecule has 4 heteroatoms. The summed E-state index contributed by atoms with van der Waals surface area (Å²) in [6.07, 6.45) is 3.72. The number of methoxy groups -OCH3 is 1. The monoisotopic (exact) mass is 268 g/mol. The van der Waals surface area contributed by atoms with E-state index in [2.05, 4.69) is 10.3 Å². The zero-order valence-electron chi connectivity index (χ0n) is 11.1. The molecule has 1 aromatic heterocycles. The Morgan fingerprint density at radius 1 is 1.44 bits per heavy atom. The minimum atomic E-state index is 0.468. The molecule has 0 atom stereocenters. The Hall–Kier alpha value is -0.800. The van der Waals surface area contributed by atoms with Crippen LogP contribution in [0.5, 0.6) is 5.75 Å². The zero-order valence-corrected chi connectivity index (χ0v) is 11.9. The maximum absolute atomic E-state index is 5.83. The van der Waals surface area contributed by atoms with E-state index in [-0.39, 0.29) is 0 Å². The molecule has 1 aromatic rings. The summed E-state index contributed by atoms with van der Waals surface area (Å²) in [7, 11) is 1.69. The van der Waals surface area contributed by atoms with Crippen molar-refractivity contribution in [3.8, 4) is 5.75 Å². The van der Waals surface area contributed by atoms with Gasteiger partial charge in [0.15, 0.2) is 0 Å². The Morgan fingerprint density at radius 3 is 2.83 bits per heavy atom. The number of alkyl halides is 1. The SMILES string of the molecule is COc1cc(C)nc(CNCC2(CCCl)CC2)c1. The first-order valence-electron chi connectivity index (χ1n) is 6.46. The van der Waals surface area contributed by atoms with E-state index in [1.165, 1.54) is 12.8 Å². The topological polar surface area (TPSA) is 34.1 Å². The van der Waals surface area contributed by atoms with Gasteiger partial charge in [-0.1, -0.05) is 0 Å². The van der Waals surface area contributed by atoms with Gasteiger partial charge in [0.05, 0.1) is 12.8 Å². The van der Waals surface area contributed by atoms with E-state index in [0.717, 1.165) is 42.5 Å². The molecule has 18 heavy (non-hydrogen) atoms. The van der Waals surface area contributed by atoms with Crippen LogP contribution in [0.3, 0.4) is 0 Å². The van der Waals surface area contributed by atoms with Gasteiger partial charge in [0.1, 0.15) is 5.75 Å². The second-order valence-corrected chi connectivity index (χ2v) is 5.56. The molecule has 100 valence electrons. The number of hydrogen-bond donors (Lipinski definition) is 1. The molecule has 2 rings (SSSR count). The Morgan fingerprint density at radius 2 is 2.22 bits per heavy atom. The first-order chi connectivity index (χ1) is 8.67. The predicted octanol–water partition coefficient (Wildman–Crippen LogP) is 2.90. The highest BCUT2D eigenvalue weighted by molar-refractivity contribution is 6.17. The Balaban J connectivity index is 1.85. The third kappa shape index (κ3) is 3.59. The molecule has 1 N–H and O–H groups in total. The van der Waals surface area contributed by atoms with E-state index >= 15 is 0 Å². The van der Waals surface area contributed by atoms with Crippen molar-refractivity contribution < 1.29 is 4.74 Å². The van der Waals surface area contributed by atoms with Gasteiger partial charge in [0, 0.05) is 36.8 Å². The molecular weight excluding hydrogens is 248 g/mol. The third-order valence-electron chi connectivity index (χ3n) is 3.60. The second-order valence-electron chi connectivity index (χ2n) is 5.18. The highest BCUT2D eigenvalue weighted by Gasteiger charge is 2.41. The van der Waals surface area contributed by atoms with Crippen molar-refractivity contribution in [2.24, 2.45) is 5.41 Å². The second kappa shape index (κ2) is 5.89. The molecule has 1 aliphatic rings. The van der Waals surface area contributed by atoms with Crippen LogP contribution in [0.4, 0.5) is 0 Å². The van der Waals surface area contributed by atoms with Crippen LogP contribution in [-0.2, 0) is 6.54 Å². The third-order valence-corrected chi connectivity index (χ3v) is 3.79. The summed E-state index contributed by atoms with van der Waals surface area (Å²) in [6, 6.07) is 3.93. The molecule has 0 saturated heterocycles. The summed E-state index contributed by atoms with van der Waals surface area (Å²) in [4.78, 5) is 4.50. The summed E-state index contributed by atoms with van der Waals surface area (Å²) in [6.45, 7) is 3.82. The summed E-state index contributed by atoms with van der Waals surface area (Å²) >= 11 is 5.83. The minimum Gasteiger partial charge on any atom is -0.497 e. The smallest absolute Gasteiger partial charge is 0.122 e. The lowest BCUT2D eigenvalue weighted by Crippen LogP contribution is -2.24. The van der Waals surface area contributed by atoms with Gasteiger partial charge in [-0.15, -0.1) is 11.6 Å². The summed E-state index contributed by atoms with van der Waals surface area (Å²) in [5.74, 6) is 1.64. The van der Waals surface area contributed by atoms with Crippen molar-refractivity contribution in [1.82, 2.24) is 10.3 Å². The first kappa shape index (κ1) is 13.6. The Kier molecular flexibility index (Phi) is 4.46. The van der Waals surface area contributed by atoms with Crippen LogP contribution in [0, 0.1) is 12.3 Å². The molecule has 1 aliphatic carbocycles. The highest BCUT2D eigenvalue weighted by atomic mass is 35.5. The molecule has 1 saturated carbocycles. The number of aryl methyl sites for hydroxylation is 1. The van der Waals surface area contributed by atoms with Gasteiger partial charge in [0.25, 0.3) is 0 Å². The van der Waals surface area contributed by atoms with Crippen LogP contribution in [0.1, 0.15) is 30.7 Å². The van der Waals surface area contributed by atoms with Gasteiger partial charge in [0.2, 0.25) is 0 Å². The molecule has 1 heterocycles. The van der Waals surface area contributed by atoms with Crippen molar-refractivity contribution in [3.63, 3.8) is 0 Å². The van der Waals surface area contributed by atoms with Gasteiger partial charge in [-0.05, 0) is 31.6 Å². The number of hydrogen-bond acceptors (Lipinski definition) is 3. The minimum absolute atomic E-state index is 0.468. The largest absolute Gasteiger partial charge is 0.497 e. The van der Waals surface area contributed by atoms with Crippen molar-refractivity contribution in [2.75, 3.05) is 19.5 Å². The average Bonchev–Trinajstić information content (AvgIpc) is 3.09. The fourth-order valence-electron chi connectivity index (χ4n) is 2.26. The molecule has 0 bridgehead atoms. The van der Waals surface area contributed by atoms with E-state index < -0.39 is 0 Å². The lowest BCUT2D eigenvalue weighted by atomic mass is 10.0. The van der Waals surface area contributed by atoms with Crippen LogP contribution in [0.25, 0.3) is 0 Å². The number of aromatic nitrogens is 1. The van der Waals surface area contributed by atoms with Crippen LogP contribution in [-0.4, -0.2) is 24.5 Å². The summed E-state index contributed by atoms with van der Waals surface area (Å²) in [5, 5.41) is 3.49. The zero-order chi connectivity index (χ0) is 13.0.